The van der Waals surface area contributed by atoms with E-state index in [2.05, 4.69) is 10.2 Å². The second kappa shape index (κ2) is 6.98. The predicted octanol–water partition coefficient (Wildman–Crippen LogP) is 4.79. The van der Waals surface area contributed by atoms with Gasteiger partial charge in [0.25, 0.3) is 6.23 Å². The molecule has 0 aliphatic rings. The monoisotopic (exact) mass is 296 g/mol. The Hall–Kier alpha value is -2.49. The average Bonchev–Trinajstić information content (AvgIpc) is 2.52. The van der Waals surface area contributed by atoms with Crippen molar-refractivity contribution in [3.05, 3.63) is 60.7 Å². The number of nitrogens with zero attached hydrogens (tertiary/aromatic N) is 2. The van der Waals surface area contributed by atoms with Gasteiger partial charge >= 0.3 is 0 Å². The second-order valence-electron chi connectivity index (χ2n) is 5.95. The summed E-state index contributed by atoms with van der Waals surface area (Å²) in [7, 11) is 0. The summed E-state index contributed by atoms with van der Waals surface area (Å²) in [4.78, 5) is 12.5. The Bertz CT molecular complexity index is 631. The Kier molecular flexibility index (Phi) is 5.04. The van der Waals surface area contributed by atoms with Crippen LogP contribution in [0.25, 0.3) is 0 Å². The van der Waals surface area contributed by atoms with E-state index in [1.165, 1.54) is 0 Å². The Balaban J connectivity index is 2.22. The van der Waals surface area contributed by atoms with Crippen molar-refractivity contribution in [1.29, 1.82) is 0 Å². The van der Waals surface area contributed by atoms with E-state index in [1.54, 1.807) is 12.1 Å². The minimum atomic E-state index is -0.956. The van der Waals surface area contributed by atoms with Crippen molar-refractivity contribution >= 4 is 11.5 Å². The smallest absolute Gasteiger partial charge is 0.267 e. The second-order valence-corrected chi connectivity index (χ2v) is 5.95. The Morgan fingerprint density at radius 2 is 1.50 bits per heavy atom. The third-order valence-electron chi connectivity index (χ3n) is 2.99. The Morgan fingerprint density at radius 1 is 0.955 bits per heavy atom. The highest BCUT2D eigenvalue weighted by Crippen LogP contribution is 2.22. The molecular formula is C18H20N2O2. The molecule has 0 radical (unpaired) electrons. The number of hydrogen-bond donors (Lipinski definition) is 0. The van der Waals surface area contributed by atoms with Gasteiger partial charge in [0.05, 0.1) is 5.69 Å². The maximum Gasteiger partial charge on any atom is 0.267 e. The Labute approximate surface area is 130 Å². The molecule has 0 N–H and O–H groups in total. The minimum absolute atomic E-state index is 0.115. The highest BCUT2D eigenvalue weighted by atomic mass is 16.5. The molecule has 0 aromatic heterocycles. The van der Waals surface area contributed by atoms with Crippen molar-refractivity contribution in [2.75, 3.05) is 0 Å². The minimum Gasteiger partial charge on any atom is -0.460 e. The number of benzene rings is 2. The molecule has 0 aliphatic carbocycles. The lowest BCUT2D eigenvalue weighted by molar-refractivity contribution is -0.133. The summed E-state index contributed by atoms with van der Waals surface area (Å²) < 4.78 is 5.71. The largest absolute Gasteiger partial charge is 0.460 e. The lowest BCUT2D eigenvalue weighted by Gasteiger charge is -2.21. The number of para-hydroxylation sites is 1. The zero-order chi connectivity index (χ0) is 16.0. The molecule has 0 aliphatic heterocycles. The van der Waals surface area contributed by atoms with Gasteiger partial charge in [-0.25, -0.2) is 0 Å². The van der Waals surface area contributed by atoms with Gasteiger partial charge in [-0.05, 0) is 24.3 Å². The number of ketones is 1. The molecule has 0 spiro atoms. The molecule has 2 aromatic rings. The van der Waals surface area contributed by atoms with Gasteiger partial charge in [-0.2, -0.15) is 5.11 Å². The van der Waals surface area contributed by atoms with E-state index < -0.39 is 11.6 Å². The Morgan fingerprint density at radius 3 is 2.05 bits per heavy atom. The van der Waals surface area contributed by atoms with Crippen molar-refractivity contribution < 1.29 is 9.53 Å². The first kappa shape index (κ1) is 15.9. The van der Waals surface area contributed by atoms with Gasteiger partial charge in [0, 0.05) is 5.41 Å². The normalized spacial score (nSPS) is 13.0. The van der Waals surface area contributed by atoms with E-state index in [1.807, 2.05) is 69.3 Å². The van der Waals surface area contributed by atoms with E-state index in [-0.39, 0.29) is 5.78 Å². The quantitative estimate of drug-likeness (QED) is 0.745. The third-order valence-corrected chi connectivity index (χ3v) is 2.99. The molecule has 1 atom stereocenters. The summed E-state index contributed by atoms with van der Waals surface area (Å²) in [5.41, 5.74) is 0.126. The molecule has 0 heterocycles. The van der Waals surface area contributed by atoms with Crippen LogP contribution in [0.2, 0.25) is 0 Å². The van der Waals surface area contributed by atoms with Gasteiger partial charge < -0.3 is 4.74 Å². The maximum absolute atomic E-state index is 12.5. The van der Waals surface area contributed by atoms with Crippen LogP contribution in [0.4, 0.5) is 5.69 Å². The van der Waals surface area contributed by atoms with Crippen LogP contribution in [-0.4, -0.2) is 12.0 Å². The molecule has 2 aromatic carbocycles. The average molecular weight is 296 g/mol. The van der Waals surface area contributed by atoms with Gasteiger partial charge in [-0.1, -0.05) is 57.2 Å². The summed E-state index contributed by atoms with van der Waals surface area (Å²) >= 11 is 0. The zero-order valence-electron chi connectivity index (χ0n) is 13.1. The molecule has 4 heteroatoms. The van der Waals surface area contributed by atoms with Crippen LogP contribution in [0.15, 0.2) is 70.9 Å². The van der Waals surface area contributed by atoms with E-state index in [0.717, 1.165) is 0 Å². The number of Topliss-reactive ketones (excluding diaryl/α,β-unsaturated/α-hetero) is 1. The number of azo groups is 1. The van der Waals surface area contributed by atoms with Crippen LogP contribution >= 0.6 is 0 Å². The molecule has 0 fully saturated rings. The van der Waals surface area contributed by atoms with E-state index in [4.69, 9.17) is 4.74 Å². The highest BCUT2D eigenvalue weighted by Gasteiger charge is 2.31. The topological polar surface area (TPSA) is 51.0 Å². The van der Waals surface area contributed by atoms with Gasteiger partial charge in [0.15, 0.2) is 0 Å². The zero-order valence-corrected chi connectivity index (χ0v) is 13.1. The van der Waals surface area contributed by atoms with Crippen molar-refractivity contribution in [2.45, 2.75) is 27.0 Å². The summed E-state index contributed by atoms with van der Waals surface area (Å²) in [5.74, 6) is 0.480. The van der Waals surface area contributed by atoms with Crippen molar-refractivity contribution in [1.82, 2.24) is 0 Å². The lowest BCUT2D eigenvalue weighted by Crippen LogP contribution is -2.35. The summed E-state index contributed by atoms with van der Waals surface area (Å²) in [5, 5.41) is 8.23. The first-order valence-electron chi connectivity index (χ1n) is 7.19. The number of hydrogen-bond acceptors (Lipinski definition) is 4. The number of ether oxygens (including phenoxy) is 1. The summed E-state index contributed by atoms with van der Waals surface area (Å²) in [6.07, 6.45) is -0.956. The molecule has 1 unspecified atom stereocenters. The van der Waals surface area contributed by atoms with Gasteiger partial charge in [-0.15, -0.1) is 5.11 Å². The lowest BCUT2D eigenvalue weighted by atomic mass is 9.90. The number of carbonyl (C=O) groups excluding carboxylic acids is 1. The van der Waals surface area contributed by atoms with Crippen LogP contribution < -0.4 is 4.74 Å². The SMILES string of the molecule is CC(C)(C)C(=O)C(N=Nc1ccccc1)Oc1ccccc1. The summed E-state index contributed by atoms with van der Waals surface area (Å²) in [6.45, 7) is 5.53. The van der Waals surface area contributed by atoms with E-state index in [0.29, 0.717) is 11.4 Å². The molecule has 22 heavy (non-hydrogen) atoms. The van der Waals surface area contributed by atoms with E-state index in [9.17, 15) is 4.79 Å². The van der Waals surface area contributed by atoms with Crippen LogP contribution in [0.3, 0.4) is 0 Å². The van der Waals surface area contributed by atoms with Crippen LogP contribution in [0.1, 0.15) is 20.8 Å². The fraction of sp³-hybridized carbons (Fsp3) is 0.278. The molecule has 0 saturated carbocycles. The molecular weight excluding hydrogens is 276 g/mol. The van der Waals surface area contributed by atoms with Crippen LogP contribution in [0.5, 0.6) is 5.75 Å². The fourth-order valence-electron chi connectivity index (χ4n) is 1.74. The van der Waals surface area contributed by atoms with Gasteiger partial charge in [0.2, 0.25) is 5.78 Å². The van der Waals surface area contributed by atoms with Crippen molar-refractivity contribution in [2.24, 2.45) is 15.6 Å². The predicted molar refractivity (Wildman–Crippen MR) is 86.3 cm³/mol. The van der Waals surface area contributed by atoms with Crippen LogP contribution in [-0.2, 0) is 4.79 Å². The fourth-order valence-corrected chi connectivity index (χ4v) is 1.74. The highest BCUT2D eigenvalue weighted by molar-refractivity contribution is 5.87. The van der Waals surface area contributed by atoms with E-state index >= 15 is 0 Å². The molecule has 114 valence electrons. The van der Waals surface area contributed by atoms with Gasteiger partial charge in [0.1, 0.15) is 5.75 Å². The first-order chi connectivity index (χ1) is 10.5. The first-order valence-corrected chi connectivity index (χ1v) is 7.19. The third kappa shape index (κ3) is 4.52. The number of carbonyl (C=O) groups is 1. The number of rotatable bonds is 5. The molecule has 0 bridgehead atoms. The molecule has 0 saturated heterocycles. The summed E-state index contributed by atoms with van der Waals surface area (Å²) in [6, 6.07) is 18.5. The standard InChI is InChI=1S/C18H20N2O2/c1-18(2,3)16(21)17(22-15-12-8-5-9-13-15)20-19-14-10-6-4-7-11-14/h4-13,17H,1-3H3. The molecule has 0 amide bonds. The van der Waals surface area contributed by atoms with Crippen LogP contribution in [0, 0.1) is 5.41 Å². The van der Waals surface area contributed by atoms with Gasteiger partial charge in [-0.3, -0.25) is 4.79 Å². The maximum atomic E-state index is 12.5. The van der Waals surface area contributed by atoms with Crippen molar-refractivity contribution in [3.63, 3.8) is 0 Å². The molecule has 4 nitrogen and oxygen atoms in total. The van der Waals surface area contributed by atoms with Crippen molar-refractivity contribution in [3.8, 4) is 5.75 Å². The molecule has 2 rings (SSSR count).